The molecule has 0 saturated heterocycles. The highest BCUT2D eigenvalue weighted by Gasteiger charge is 2.16. The molecule has 0 aliphatic heterocycles. The highest BCUT2D eigenvalue weighted by Crippen LogP contribution is 2.28. The van der Waals surface area contributed by atoms with Gasteiger partial charge in [0.15, 0.2) is 0 Å². The molecule has 1 aromatic carbocycles. The van der Waals surface area contributed by atoms with Crippen molar-refractivity contribution in [3.05, 3.63) is 58.4 Å². The molecule has 0 radical (unpaired) electrons. The Labute approximate surface area is 126 Å². The first-order chi connectivity index (χ1) is 10.1. The van der Waals surface area contributed by atoms with E-state index in [1.54, 1.807) is 7.11 Å². The van der Waals surface area contributed by atoms with E-state index >= 15 is 0 Å². The van der Waals surface area contributed by atoms with Gasteiger partial charge in [0, 0.05) is 28.9 Å². The number of aliphatic hydroxyl groups excluding tert-OH is 1. The molecule has 0 bridgehead atoms. The summed E-state index contributed by atoms with van der Waals surface area (Å²) < 4.78 is 5.45. The molecule has 0 spiro atoms. The summed E-state index contributed by atoms with van der Waals surface area (Å²) in [6, 6.07) is 8.32. The first-order valence-electron chi connectivity index (χ1n) is 7.23. The van der Waals surface area contributed by atoms with Crippen LogP contribution in [0.25, 0.3) is 0 Å². The molecule has 1 N–H and O–H groups in total. The fourth-order valence-corrected chi connectivity index (χ4v) is 2.64. The maximum absolute atomic E-state index is 9.72. The van der Waals surface area contributed by atoms with E-state index in [9.17, 15) is 5.11 Å². The van der Waals surface area contributed by atoms with Gasteiger partial charge in [-0.2, -0.15) is 0 Å². The number of pyridine rings is 1. The first-order valence-corrected chi connectivity index (χ1v) is 7.23. The number of aryl methyl sites for hydroxylation is 2. The molecule has 0 saturated carbocycles. The molecular formula is C18H23NO2. The van der Waals surface area contributed by atoms with Gasteiger partial charge in [0.25, 0.3) is 0 Å². The van der Waals surface area contributed by atoms with Crippen LogP contribution in [0.1, 0.15) is 33.9 Å². The van der Waals surface area contributed by atoms with Crippen LogP contribution >= 0.6 is 0 Å². The molecule has 1 heterocycles. The van der Waals surface area contributed by atoms with Crippen molar-refractivity contribution in [1.82, 2.24) is 4.98 Å². The smallest absolute Gasteiger partial charge is 0.128 e. The number of aromatic nitrogens is 1. The molecule has 0 amide bonds. The number of benzene rings is 1. The number of ether oxygens (including phenoxy) is 1. The minimum Gasteiger partial charge on any atom is -0.496 e. The quantitative estimate of drug-likeness (QED) is 0.916. The van der Waals surface area contributed by atoms with Crippen LogP contribution in [-0.2, 0) is 6.42 Å². The maximum Gasteiger partial charge on any atom is 0.128 e. The second-order valence-electron chi connectivity index (χ2n) is 5.54. The SMILES string of the molecule is COc1c(C)cnc(CC(CO)c2ccc(C)cc2)c1C. The largest absolute Gasteiger partial charge is 0.496 e. The van der Waals surface area contributed by atoms with E-state index in [0.29, 0.717) is 6.42 Å². The highest BCUT2D eigenvalue weighted by molar-refractivity contribution is 5.41. The molecule has 2 aromatic rings. The number of methoxy groups -OCH3 is 1. The van der Waals surface area contributed by atoms with Gasteiger partial charge in [-0.15, -0.1) is 0 Å². The molecule has 112 valence electrons. The Kier molecular flexibility index (Phi) is 4.97. The molecule has 21 heavy (non-hydrogen) atoms. The van der Waals surface area contributed by atoms with Gasteiger partial charge in [-0.1, -0.05) is 29.8 Å². The summed E-state index contributed by atoms with van der Waals surface area (Å²) in [6.45, 7) is 6.19. The average Bonchev–Trinajstić information content (AvgIpc) is 2.48. The second kappa shape index (κ2) is 6.72. The Balaban J connectivity index is 2.29. The first kappa shape index (κ1) is 15.5. The van der Waals surface area contributed by atoms with Gasteiger partial charge in [-0.3, -0.25) is 4.98 Å². The summed E-state index contributed by atoms with van der Waals surface area (Å²) >= 11 is 0. The third-order valence-electron chi connectivity index (χ3n) is 3.96. The van der Waals surface area contributed by atoms with E-state index in [4.69, 9.17) is 4.74 Å². The number of rotatable bonds is 5. The molecule has 1 aromatic heterocycles. The fourth-order valence-electron chi connectivity index (χ4n) is 2.64. The van der Waals surface area contributed by atoms with Crippen molar-refractivity contribution in [3.8, 4) is 5.75 Å². The molecule has 1 unspecified atom stereocenters. The minimum atomic E-state index is 0.0595. The van der Waals surface area contributed by atoms with Crippen LogP contribution in [0.15, 0.2) is 30.5 Å². The lowest BCUT2D eigenvalue weighted by Crippen LogP contribution is -2.11. The number of nitrogens with zero attached hydrogens (tertiary/aromatic N) is 1. The van der Waals surface area contributed by atoms with Crippen molar-refractivity contribution in [2.24, 2.45) is 0 Å². The van der Waals surface area contributed by atoms with Crippen molar-refractivity contribution in [3.63, 3.8) is 0 Å². The maximum atomic E-state index is 9.72. The van der Waals surface area contributed by atoms with Crippen molar-refractivity contribution in [2.75, 3.05) is 13.7 Å². The van der Waals surface area contributed by atoms with Crippen molar-refractivity contribution < 1.29 is 9.84 Å². The molecule has 3 nitrogen and oxygen atoms in total. The van der Waals surface area contributed by atoms with Crippen LogP contribution in [0.3, 0.4) is 0 Å². The van der Waals surface area contributed by atoms with Crippen molar-refractivity contribution >= 4 is 0 Å². The van der Waals surface area contributed by atoms with E-state index in [2.05, 4.69) is 36.2 Å². The number of aliphatic hydroxyl groups is 1. The number of hydrogen-bond acceptors (Lipinski definition) is 3. The predicted octanol–water partition coefficient (Wildman–Crippen LogP) is 3.33. The lowest BCUT2D eigenvalue weighted by molar-refractivity contribution is 0.263. The van der Waals surface area contributed by atoms with E-state index in [1.165, 1.54) is 5.56 Å². The molecular weight excluding hydrogens is 262 g/mol. The fraction of sp³-hybridized carbons (Fsp3) is 0.389. The third kappa shape index (κ3) is 3.42. The Hall–Kier alpha value is -1.87. The lowest BCUT2D eigenvalue weighted by atomic mass is 9.92. The molecule has 2 rings (SSSR count). The Morgan fingerprint density at radius 3 is 2.38 bits per heavy atom. The van der Waals surface area contributed by atoms with Gasteiger partial charge in [-0.05, 0) is 32.8 Å². The van der Waals surface area contributed by atoms with Crippen LogP contribution in [0.2, 0.25) is 0 Å². The Morgan fingerprint density at radius 2 is 1.81 bits per heavy atom. The standard InChI is InChI=1S/C18H23NO2/c1-12-5-7-15(8-6-12)16(11-20)9-17-14(3)18(21-4)13(2)10-19-17/h5-8,10,16,20H,9,11H2,1-4H3. The van der Waals surface area contributed by atoms with Crippen molar-refractivity contribution in [1.29, 1.82) is 0 Å². The van der Waals surface area contributed by atoms with E-state index in [1.807, 2.05) is 20.0 Å². The minimum absolute atomic E-state index is 0.0595. The van der Waals surface area contributed by atoms with Gasteiger partial charge in [-0.25, -0.2) is 0 Å². The van der Waals surface area contributed by atoms with Crippen LogP contribution in [0.4, 0.5) is 0 Å². The summed E-state index contributed by atoms with van der Waals surface area (Å²) in [7, 11) is 1.68. The normalized spacial score (nSPS) is 12.2. The van der Waals surface area contributed by atoms with Gasteiger partial charge < -0.3 is 9.84 Å². The molecule has 0 aliphatic carbocycles. The lowest BCUT2D eigenvalue weighted by Gasteiger charge is -2.18. The van der Waals surface area contributed by atoms with Gasteiger partial charge in [0.1, 0.15) is 5.75 Å². The van der Waals surface area contributed by atoms with E-state index < -0.39 is 0 Å². The van der Waals surface area contributed by atoms with Crippen LogP contribution in [0.5, 0.6) is 5.75 Å². The third-order valence-corrected chi connectivity index (χ3v) is 3.96. The van der Waals surface area contributed by atoms with Gasteiger partial charge in [0.2, 0.25) is 0 Å². The van der Waals surface area contributed by atoms with Crippen LogP contribution in [-0.4, -0.2) is 23.8 Å². The Morgan fingerprint density at radius 1 is 1.14 bits per heavy atom. The summed E-state index contributed by atoms with van der Waals surface area (Å²) in [5.41, 5.74) is 5.44. The van der Waals surface area contributed by atoms with Gasteiger partial charge in [0.05, 0.1) is 13.7 Å². The summed E-state index contributed by atoms with van der Waals surface area (Å²) in [5, 5.41) is 9.72. The van der Waals surface area contributed by atoms with E-state index in [-0.39, 0.29) is 12.5 Å². The summed E-state index contributed by atoms with van der Waals surface area (Å²) in [4.78, 5) is 4.53. The topological polar surface area (TPSA) is 42.4 Å². The highest BCUT2D eigenvalue weighted by atomic mass is 16.5. The molecule has 3 heteroatoms. The zero-order valence-corrected chi connectivity index (χ0v) is 13.2. The van der Waals surface area contributed by atoms with Gasteiger partial charge >= 0.3 is 0 Å². The molecule has 1 atom stereocenters. The zero-order valence-electron chi connectivity index (χ0n) is 13.2. The number of hydrogen-bond donors (Lipinski definition) is 1. The molecule has 0 fully saturated rings. The monoisotopic (exact) mass is 285 g/mol. The predicted molar refractivity (Wildman–Crippen MR) is 85.0 cm³/mol. The zero-order chi connectivity index (χ0) is 15.4. The second-order valence-corrected chi connectivity index (χ2v) is 5.54. The molecule has 0 aliphatic rings. The Bertz CT molecular complexity index is 605. The van der Waals surface area contributed by atoms with Crippen LogP contribution < -0.4 is 4.74 Å². The van der Waals surface area contributed by atoms with Crippen molar-refractivity contribution in [2.45, 2.75) is 33.1 Å². The average molecular weight is 285 g/mol. The van der Waals surface area contributed by atoms with Crippen LogP contribution in [0, 0.1) is 20.8 Å². The summed E-state index contributed by atoms with van der Waals surface area (Å²) in [5.74, 6) is 0.949. The van der Waals surface area contributed by atoms with E-state index in [0.717, 1.165) is 28.1 Å². The summed E-state index contributed by atoms with van der Waals surface area (Å²) in [6.07, 6.45) is 2.55.